The molecule has 3 aromatic rings. The predicted molar refractivity (Wildman–Crippen MR) is 127 cm³/mol. The van der Waals surface area contributed by atoms with Crippen LogP contribution in [0.15, 0.2) is 42.6 Å². The van der Waals surface area contributed by atoms with Crippen molar-refractivity contribution >= 4 is 22.9 Å². The van der Waals surface area contributed by atoms with Crippen LogP contribution in [0.5, 0.6) is 5.75 Å². The molecule has 2 aromatic carbocycles. The number of hydrogen-bond acceptors (Lipinski definition) is 4. The number of halogens is 1. The summed E-state index contributed by atoms with van der Waals surface area (Å²) in [5.74, 6) is -0.389. The number of carboxylic acid groups (broad SMARTS) is 1. The predicted octanol–water partition coefficient (Wildman–Crippen LogP) is 4.93. The maximum absolute atomic E-state index is 15.1. The van der Waals surface area contributed by atoms with Crippen molar-refractivity contribution in [2.24, 2.45) is 0 Å². The normalized spacial score (nSPS) is 21.5. The molecule has 0 fully saturated rings. The van der Waals surface area contributed by atoms with Crippen molar-refractivity contribution in [2.75, 3.05) is 13.7 Å². The number of aromatic nitrogens is 2. The van der Waals surface area contributed by atoms with Crippen LogP contribution in [0.3, 0.4) is 0 Å². The second-order valence-electron chi connectivity index (χ2n) is 9.53. The number of fused-ring (bicyclic) bond motifs is 3. The standard InChI is InChI=1S/C26H30FN3O3/c1-16-12-18-19-14-28-29-22(19)10-9-20(18)26(4,30(16)15-25(2,3)27)21-8-6-17(7-11-24(31)32)13-23(21)33-5/h6-11,13-14,16H,12,15H2,1-5H3,(H,28,29)(H,31,32)/b11-7+/t16-,26+/m1/s1. The molecule has 4 rings (SSSR count). The van der Waals surface area contributed by atoms with Gasteiger partial charge in [-0.3, -0.25) is 10.00 Å². The van der Waals surface area contributed by atoms with E-state index in [2.05, 4.69) is 35.0 Å². The number of carbonyl (C=O) groups is 1. The molecule has 2 heterocycles. The van der Waals surface area contributed by atoms with Gasteiger partial charge in [-0.15, -0.1) is 0 Å². The highest BCUT2D eigenvalue weighted by Crippen LogP contribution is 2.48. The van der Waals surface area contributed by atoms with Gasteiger partial charge in [0, 0.05) is 29.6 Å². The Kier molecular flexibility index (Phi) is 5.78. The Morgan fingerprint density at radius 3 is 2.76 bits per heavy atom. The lowest BCUT2D eigenvalue weighted by Gasteiger charge is -2.51. The number of nitrogens with one attached hydrogen (secondary N) is 1. The number of carboxylic acids is 1. The summed E-state index contributed by atoms with van der Waals surface area (Å²) in [6.45, 7) is 7.70. The smallest absolute Gasteiger partial charge is 0.328 e. The molecule has 0 spiro atoms. The first-order valence-electron chi connectivity index (χ1n) is 11.0. The molecule has 0 saturated heterocycles. The van der Waals surface area contributed by atoms with Crippen molar-refractivity contribution in [3.63, 3.8) is 0 Å². The number of methoxy groups -OCH3 is 1. The van der Waals surface area contributed by atoms with Gasteiger partial charge in [-0.05, 0) is 69.0 Å². The molecule has 2 atom stereocenters. The Morgan fingerprint density at radius 2 is 2.09 bits per heavy atom. The largest absolute Gasteiger partial charge is 0.496 e. The van der Waals surface area contributed by atoms with E-state index >= 15 is 4.39 Å². The van der Waals surface area contributed by atoms with E-state index in [1.807, 2.05) is 30.5 Å². The number of aliphatic carboxylic acids is 1. The molecule has 1 aliphatic rings. The topological polar surface area (TPSA) is 78.5 Å². The van der Waals surface area contributed by atoms with Gasteiger partial charge in [-0.2, -0.15) is 5.10 Å². The first-order valence-corrected chi connectivity index (χ1v) is 11.0. The number of hydrogen-bond donors (Lipinski definition) is 2. The lowest BCUT2D eigenvalue weighted by atomic mass is 9.73. The van der Waals surface area contributed by atoms with E-state index in [-0.39, 0.29) is 12.6 Å². The Hall–Kier alpha value is -3.19. The fourth-order valence-corrected chi connectivity index (χ4v) is 5.15. The number of ether oxygens (including phenoxy) is 1. The summed E-state index contributed by atoms with van der Waals surface area (Å²) in [6, 6.07) is 9.83. The average Bonchev–Trinajstić information content (AvgIpc) is 3.23. The van der Waals surface area contributed by atoms with Gasteiger partial charge in [-0.25, -0.2) is 9.18 Å². The third kappa shape index (κ3) is 4.13. The van der Waals surface area contributed by atoms with Crippen LogP contribution in [-0.2, 0) is 16.8 Å². The summed E-state index contributed by atoms with van der Waals surface area (Å²) in [4.78, 5) is 13.2. The Bertz CT molecular complexity index is 1230. The van der Waals surface area contributed by atoms with Gasteiger partial charge < -0.3 is 9.84 Å². The summed E-state index contributed by atoms with van der Waals surface area (Å²) < 4.78 is 20.8. The molecule has 174 valence electrons. The van der Waals surface area contributed by atoms with E-state index in [1.165, 1.54) is 11.6 Å². The van der Waals surface area contributed by atoms with Crippen LogP contribution in [0, 0.1) is 0 Å². The minimum atomic E-state index is -1.40. The average molecular weight is 452 g/mol. The monoisotopic (exact) mass is 451 g/mol. The van der Waals surface area contributed by atoms with Gasteiger partial charge in [0.25, 0.3) is 0 Å². The molecule has 1 aromatic heterocycles. The van der Waals surface area contributed by atoms with Crippen LogP contribution in [0.25, 0.3) is 17.0 Å². The fraction of sp³-hybridized carbons (Fsp3) is 0.385. The maximum atomic E-state index is 15.1. The summed E-state index contributed by atoms with van der Waals surface area (Å²) >= 11 is 0. The maximum Gasteiger partial charge on any atom is 0.328 e. The number of aromatic amines is 1. The molecule has 0 radical (unpaired) electrons. The SMILES string of the molecule is COc1cc(/C=C/C(=O)O)ccc1[C@]1(C)c2ccc3[nH]ncc3c2C[C@@H](C)N1CC(C)(C)F. The summed E-state index contributed by atoms with van der Waals surface area (Å²) in [6.07, 6.45) is 5.26. The fourth-order valence-electron chi connectivity index (χ4n) is 5.15. The van der Waals surface area contributed by atoms with Crippen molar-refractivity contribution in [1.29, 1.82) is 0 Å². The van der Waals surface area contributed by atoms with Crippen molar-refractivity contribution < 1.29 is 19.0 Å². The first kappa shape index (κ1) is 23.0. The number of nitrogens with zero attached hydrogens (tertiary/aromatic N) is 2. The van der Waals surface area contributed by atoms with Crippen LogP contribution >= 0.6 is 0 Å². The van der Waals surface area contributed by atoms with Gasteiger partial charge in [0.2, 0.25) is 0 Å². The highest BCUT2D eigenvalue weighted by Gasteiger charge is 2.47. The molecule has 6 nitrogen and oxygen atoms in total. The molecular weight excluding hydrogens is 421 g/mol. The Balaban J connectivity index is 1.96. The van der Waals surface area contributed by atoms with Gasteiger partial charge in [-0.1, -0.05) is 18.2 Å². The summed E-state index contributed by atoms with van der Waals surface area (Å²) in [5.41, 5.74) is 2.80. The quantitative estimate of drug-likeness (QED) is 0.520. The first-order chi connectivity index (χ1) is 15.5. The van der Waals surface area contributed by atoms with Crippen LogP contribution in [0.2, 0.25) is 0 Å². The van der Waals surface area contributed by atoms with E-state index in [1.54, 1.807) is 21.0 Å². The number of H-pyrrole nitrogens is 1. The summed E-state index contributed by atoms with van der Waals surface area (Å²) in [5, 5.41) is 17.3. The van der Waals surface area contributed by atoms with Gasteiger partial charge in [0.15, 0.2) is 0 Å². The van der Waals surface area contributed by atoms with Crippen LogP contribution < -0.4 is 4.74 Å². The Morgan fingerprint density at radius 1 is 1.36 bits per heavy atom. The van der Waals surface area contributed by atoms with E-state index in [4.69, 9.17) is 9.84 Å². The van der Waals surface area contributed by atoms with Gasteiger partial charge >= 0.3 is 5.97 Å². The zero-order valence-electron chi connectivity index (χ0n) is 19.6. The minimum absolute atomic E-state index is 0.0642. The number of rotatable bonds is 6. The minimum Gasteiger partial charge on any atom is -0.496 e. The molecule has 0 bridgehead atoms. The van der Waals surface area contributed by atoms with E-state index in [0.29, 0.717) is 11.3 Å². The molecule has 7 heteroatoms. The zero-order valence-corrected chi connectivity index (χ0v) is 19.6. The highest BCUT2D eigenvalue weighted by atomic mass is 19.1. The third-order valence-corrected chi connectivity index (χ3v) is 6.58. The van der Waals surface area contributed by atoms with E-state index < -0.39 is 17.2 Å². The van der Waals surface area contributed by atoms with Gasteiger partial charge in [0.1, 0.15) is 11.4 Å². The third-order valence-electron chi connectivity index (χ3n) is 6.58. The molecule has 0 unspecified atom stereocenters. The summed E-state index contributed by atoms with van der Waals surface area (Å²) in [7, 11) is 1.60. The zero-order chi connectivity index (χ0) is 24.0. The molecular formula is C26H30FN3O3. The molecule has 0 saturated carbocycles. The second-order valence-corrected chi connectivity index (χ2v) is 9.53. The number of alkyl halides is 1. The molecule has 2 N–H and O–H groups in total. The highest BCUT2D eigenvalue weighted by molar-refractivity contribution is 5.86. The molecule has 33 heavy (non-hydrogen) atoms. The Labute approximate surface area is 193 Å². The van der Waals surface area contributed by atoms with E-state index in [0.717, 1.165) is 34.5 Å². The molecule has 1 aliphatic heterocycles. The van der Waals surface area contributed by atoms with E-state index in [9.17, 15) is 4.79 Å². The van der Waals surface area contributed by atoms with Gasteiger partial charge in [0.05, 0.1) is 24.4 Å². The van der Waals surface area contributed by atoms with Crippen LogP contribution in [-0.4, -0.2) is 51.5 Å². The van der Waals surface area contributed by atoms with Crippen molar-refractivity contribution in [2.45, 2.75) is 51.4 Å². The molecule has 0 amide bonds. The second kappa shape index (κ2) is 8.30. The van der Waals surface area contributed by atoms with Crippen LogP contribution in [0.4, 0.5) is 4.39 Å². The van der Waals surface area contributed by atoms with Crippen LogP contribution in [0.1, 0.15) is 49.9 Å². The lowest BCUT2D eigenvalue weighted by Crippen LogP contribution is -2.57. The lowest BCUT2D eigenvalue weighted by molar-refractivity contribution is -0.131. The van der Waals surface area contributed by atoms with Crippen molar-refractivity contribution in [3.05, 3.63) is 64.9 Å². The number of benzene rings is 2. The molecule has 0 aliphatic carbocycles. The van der Waals surface area contributed by atoms with Crippen molar-refractivity contribution in [3.8, 4) is 5.75 Å². The van der Waals surface area contributed by atoms with Crippen molar-refractivity contribution in [1.82, 2.24) is 15.1 Å².